The minimum Gasteiger partial charge on any atom is -0.392 e. The molecule has 2 rings (SSSR count). The summed E-state index contributed by atoms with van der Waals surface area (Å²) in [4.78, 5) is 11.9. The summed E-state index contributed by atoms with van der Waals surface area (Å²) in [5.41, 5.74) is -0.180. The number of hydrogen-bond donors (Lipinski definition) is 2. The highest BCUT2D eigenvalue weighted by atomic mass is 16.5. The third kappa shape index (κ3) is 2.09. The Labute approximate surface area is 96.4 Å². The van der Waals surface area contributed by atoms with Crippen molar-refractivity contribution in [2.75, 3.05) is 13.2 Å². The summed E-state index contributed by atoms with van der Waals surface area (Å²) >= 11 is 0. The number of nitrogens with one attached hydrogen (secondary N) is 1. The van der Waals surface area contributed by atoms with Crippen LogP contribution in [0.15, 0.2) is 0 Å². The van der Waals surface area contributed by atoms with Crippen LogP contribution in [0.25, 0.3) is 0 Å². The first-order valence-electron chi connectivity index (χ1n) is 6.08. The molecule has 1 aliphatic heterocycles. The van der Waals surface area contributed by atoms with E-state index < -0.39 is 0 Å². The molecule has 2 fully saturated rings. The van der Waals surface area contributed by atoms with E-state index in [9.17, 15) is 9.90 Å². The lowest BCUT2D eigenvalue weighted by Crippen LogP contribution is -2.62. The van der Waals surface area contributed by atoms with Crippen LogP contribution in [0.2, 0.25) is 0 Å². The van der Waals surface area contributed by atoms with Crippen LogP contribution >= 0.6 is 0 Å². The fraction of sp³-hybridized carbons (Fsp3) is 0.917. The van der Waals surface area contributed by atoms with Crippen LogP contribution in [0.1, 0.15) is 33.1 Å². The maximum atomic E-state index is 11.9. The fourth-order valence-corrected chi connectivity index (χ4v) is 2.40. The Hall–Kier alpha value is -0.610. The third-order valence-corrected chi connectivity index (χ3v) is 4.12. The predicted octanol–water partition coefficient (Wildman–Crippen LogP) is 0.689. The monoisotopic (exact) mass is 227 g/mol. The standard InChI is InChI=1S/C12H21NO3/c1-12(2)9(7-10(12)14)13-11(15)8-3-5-16-6-4-8/h8-10,14H,3-7H2,1-2H3,(H,13,15). The summed E-state index contributed by atoms with van der Waals surface area (Å²) in [6, 6.07) is 0.123. The number of ether oxygens (including phenoxy) is 1. The van der Waals surface area contributed by atoms with Crippen LogP contribution in [0.4, 0.5) is 0 Å². The van der Waals surface area contributed by atoms with Crippen molar-refractivity contribution in [1.29, 1.82) is 0 Å². The Kier molecular flexibility index (Phi) is 3.22. The van der Waals surface area contributed by atoms with Gasteiger partial charge < -0.3 is 15.2 Å². The number of aliphatic hydroxyl groups is 1. The first-order valence-corrected chi connectivity index (χ1v) is 6.08. The Morgan fingerprint density at radius 2 is 2.00 bits per heavy atom. The van der Waals surface area contributed by atoms with E-state index in [0.717, 1.165) is 12.8 Å². The summed E-state index contributed by atoms with van der Waals surface area (Å²) in [5.74, 6) is 0.232. The van der Waals surface area contributed by atoms with Gasteiger partial charge in [0.15, 0.2) is 0 Å². The highest BCUT2D eigenvalue weighted by Gasteiger charge is 2.48. The van der Waals surface area contributed by atoms with Crippen molar-refractivity contribution < 1.29 is 14.6 Å². The quantitative estimate of drug-likeness (QED) is 0.729. The van der Waals surface area contributed by atoms with Crippen LogP contribution in [-0.2, 0) is 9.53 Å². The van der Waals surface area contributed by atoms with E-state index in [-0.39, 0.29) is 29.4 Å². The number of hydrogen-bond acceptors (Lipinski definition) is 3. The van der Waals surface area contributed by atoms with Gasteiger partial charge >= 0.3 is 0 Å². The zero-order valence-corrected chi connectivity index (χ0v) is 10.0. The molecule has 0 aromatic heterocycles. The van der Waals surface area contributed by atoms with Crippen LogP contribution < -0.4 is 5.32 Å². The second-order valence-corrected chi connectivity index (χ2v) is 5.52. The highest BCUT2D eigenvalue weighted by molar-refractivity contribution is 5.79. The highest BCUT2D eigenvalue weighted by Crippen LogP contribution is 2.40. The number of amides is 1. The van der Waals surface area contributed by atoms with Gasteiger partial charge in [0.25, 0.3) is 0 Å². The zero-order valence-electron chi connectivity index (χ0n) is 10.0. The van der Waals surface area contributed by atoms with Crippen molar-refractivity contribution in [2.45, 2.75) is 45.3 Å². The van der Waals surface area contributed by atoms with E-state index in [0.29, 0.717) is 19.6 Å². The predicted molar refractivity (Wildman–Crippen MR) is 59.9 cm³/mol. The van der Waals surface area contributed by atoms with Crippen LogP contribution in [0.5, 0.6) is 0 Å². The molecule has 2 aliphatic rings. The molecule has 1 heterocycles. The molecule has 1 saturated carbocycles. The molecule has 2 N–H and O–H groups in total. The van der Waals surface area contributed by atoms with Gasteiger partial charge in [-0.05, 0) is 19.3 Å². The van der Waals surface area contributed by atoms with E-state index in [4.69, 9.17) is 4.74 Å². The first kappa shape index (κ1) is 11.9. The van der Waals surface area contributed by atoms with Gasteiger partial charge in [0.1, 0.15) is 0 Å². The zero-order chi connectivity index (χ0) is 11.8. The molecular formula is C12H21NO3. The Balaban J connectivity index is 1.83. The SMILES string of the molecule is CC1(C)C(O)CC1NC(=O)C1CCOCC1. The second-order valence-electron chi connectivity index (χ2n) is 5.52. The van der Waals surface area contributed by atoms with Crippen molar-refractivity contribution >= 4 is 5.91 Å². The lowest BCUT2D eigenvalue weighted by molar-refractivity contribution is -0.135. The van der Waals surface area contributed by atoms with Gasteiger partial charge in [0, 0.05) is 30.6 Å². The summed E-state index contributed by atoms with van der Waals surface area (Å²) in [6.45, 7) is 5.37. The third-order valence-electron chi connectivity index (χ3n) is 4.12. The van der Waals surface area contributed by atoms with E-state index in [1.165, 1.54) is 0 Å². The second kappa shape index (κ2) is 4.34. The van der Waals surface area contributed by atoms with Crippen molar-refractivity contribution in [1.82, 2.24) is 5.32 Å². The maximum absolute atomic E-state index is 11.9. The summed E-state index contributed by atoms with van der Waals surface area (Å²) in [5, 5.41) is 12.7. The maximum Gasteiger partial charge on any atom is 0.223 e. The van der Waals surface area contributed by atoms with Crippen molar-refractivity contribution in [3.05, 3.63) is 0 Å². The average molecular weight is 227 g/mol. The van der Waals surface area contributed by atoms with Crippen molar-refractivity contribution in [3.63, 3.8) is 0 Å². The Morgan fingerprint density at radius 1 is 1.38 bits per heavy atom. The number of rotatable bonds is 2. The van der Waals surface area contributed by atoms with Crippen LogP contribution in [0.3, 0.4) is 0 Å². The summed E-state index contributed by atoms with van der Waals surface area (Å²) in [7, 11) is 0. The molecule has 1 saturated heterocycles. The molecule has 0 aromatic carbocycles. The molecule has 0 aromatic rings. The molecule has 16 heavy (non-hydrogen) atoms. The average Bonchev–Trinajstić information content (AvgIpc) is 2.29. The molecule has 2 unspecified atom stereocenters. The molecule has 0 radical (unpaired) electrons. The molecule has 2 atom stereocenters. The fourth-order valence-electron chi connectivity index (χ4n) is 2.40. The minimum atomic E-state index is -0.285. The van der Waals surface area contributed by atoms with Gasteiger partial charge in [-0.15, -0.1) is 0 Å². The lowest BCUT2D eigenvalue weighted by Gasteiger charge is -2.49. The minimum absolute atomic E-state index is 0.0993. The molecule has 0 spiro atoms. The Morgan fingerprint density at radius 3 is 2.50 bits per heavy atom. The van der Waals surface area contributed by atoms with Gasteiger partial charge in [-0.25, -0.2) is 0 Å². The molecule has 1 amide bonds. The van der Waals surface area contributed by atoms with Crippen molar-refractivity contribution in [2.24, 2.45) is 11.3 Å². The van der Waals surface area contributed by atoms with Gasteiger partial charge in [-0.3, -0.25) is 4.79 Å². The van der Waals surface area contributed by atoms with Gasteiger partial charge in [0.05, 0.1) is 6.10 Å². The molecule has 4 nitrogen and oxygen atoms in total. The van der Waals surface area contributed by atoms with Crippen LogP contribution in [-0.4, -0.2) is 36.4 Å². The summed E-state index contributed by atoms with van der Waals surface area (Å²) < 4.78 is 5.23. The topological polar surface area (TPSA) is 58.6 Å². The van der Waals surface area contributed by atoms with Crippen LogP contribution in [0, 0.1) is 11.3 Å². The van der Waals surface area contributed by atoms with E-state index in [1.807, 2.05) is 13.8 Å². The first-order chi connectivity index (χ1) is 7.51. The van der Waals surface area contributed by atoms with E-state index in [1.54, 1.807) is 0 Å². The van der Waals surface area contributed by atoms with Gasteiger partial charge in [-0.1, -0.05) is 13.8 Å². The molecule has 0 bridgehead atoms. The van der Waals surface area contributed by atoms with E-state index in [2.05, 4.69) is 5.32 Å². The number of aliphatic hydroxyl groups excluding tert-OH is 1. The van der Waals surface area contributed by atoms with Gasteiger partial charge in [-0.2, -0.15) is 0 Å². The molecular weight excluding hydrogens is 206 g/mol. The molecule has 92 valence electrons. The van der Waals surface area contributed by atoms with Gasteiger partial charge in [0.2, 0.25) is 5.91 Å². The number of carbonyl (C=O) groups is 1. The molecule has 1 aliphatic carbocycles. The normalized spacial score (nSPS) is 34.2. The number of carbonyl (C=O) groups excluding carboxylic acids is 1. The smallest absolute Gasteiger partial charge is 0.223 e. The molecule has 4 heteroatoms. The largest absolute Gasteiger partial charge is 0.392 e. The Bertz CT molecular complexity index is 271. The summed E-state index contributed by atoms with van der Waals surface area (Å²) in [6.07, 6.45) is 2.04. The van der Waals surface area contributed by atoms with Crippen molar-refractivity contribution in [3.8, 4) is 0 Å². The lowest BCUT2D eigenvalue weighted by atomic mass is 9.64. The van der Waals surface area contributed by atoms with E-state index >= 15 is 0 Å².